The van der Waals surface area contributed by atoms with E-state index in [0.29, 0.717) is 11.6 Å². The number of rotatable bonds is 8. The number of nitrogens with zero attached hydrogens (tertiary/aromatic N) is 4. The van der Waals surface area contributed by atoms with Gasteiger partial charge in [-0.3, -0.25) is 9.59 Å². The molecule has 4 aromatic rings. The summed E-state index contributed by atoms with van der Waals surface area (Å²) in [7, 11) is 0. The predicted octanol–water partition coefficient (Wildman–Crippen LogP) is 3.25. The predicted molar refractivity (Wildman–Crippen MR) is 124 cm³/mol. The number of furan rings is 1. The Hall–Kier alpha value is -4.53. The zero-order valence-corrected chi connectivity index (χ0v) is 17.9. The Bertz CT molecular complexity index is 1260. The molecule has 166 valence electrons. The molecule has 0 spiro atoms. The van der Waals surface area contributed by atoms with Gasteiger partial charge in [-0.1, -0.05) is 55.5 Å². The largest absolute Gasteiger partial charge is 0.465 e. The number of hydrogen-bond donors (Lipinski definition) is 2. The molecule has 0 saturated carbocycles. The van der Waals surface area contributed by atoms with Crippen LogP contribution in [0.5, 0.6) is 0 Å². The highest BCUT2D eigenvalue weighted by atomic mass is 16.3. The van der Waals surface area contributed by atoms with E-state index in [-0.39, 0.29) is 18.1 Å². The Balaban J connectivity index is 1.55. The van der Waals surface area contributed by atoms with Crippen LogP contribution in [0.4, 0.5) is 5.69 Å². The molecule has 0 saturated heterocycles. The minimum Gasteiger partial charge on any atom is -0.465 e. The normalized spacial score (nSPS) is 11.2. The van der Waals surface area contributed by atoms with Crippen molar-refractivity contribution in [3.05, 3.63) is 84.3 Å². The van der Waals surface area contributed by atoms with Crippen LogP contribution in [0.15, 0.2) is 77.4 Å². The summed E-state index contributed by atoms with van der Waals surface area (Å²) in [6, 6.07) is 20.2. The Labute approximate surface area is 190 Å². The highest BCUT2D eigenvalue weighted by molar-refractivity contribution is 6.19. The molecule has 33 heavy (non-hydrogen) atoms. The van der Waals surface area contributed by atoms with E-state index in [4.69, 9.17) is 4.42 Å². The van der Waals surface area contributed by atoms with E-state index in [0.717, 1.165) is 23.2 Å². The summed E-state index contributed by atoms with van der Waals surface area (Å²) in [4.78, 5) is 25.6. The van der Waals surface area contributed by atoms with Crippen molar-refractivity contribution in [3.63, 3.8) is 0 Å². The third kappa shape index (κ3) is 5.21. The van der Waals surface area contributed by atoms with Crippen molar-refractivity contribution < 1.29 is 14.0 Å². The monoisotopic (exact) mass is 442 g/mol. The van der Waals surface area contributed by atoms with Crippen LogP contribution >= 0.6 is 0 Å². The van der Waals surface area contributed by atoms with E-state index < -0.39 is 5.91 Å². The van der Waals surface area contributed by atoms with Crippen LogP contribution in [0, 0.1) is 0 Å². The average Bonchev–Trinajstić information content (AvgIpc) is 3.54. The minimum absolute atomic E-state index is 0.107. The highest BCUT2D eigenvalue weighted by Gasteiger charge is 2.20. The number of carbonyl (C=O) groups excluding carboxylic acids is 2. The molecular formula is C24H22N6O3. The van der Waals surface area contributed by atoms with Crippen molar-refractivity contribution in [2.75, 3.05) is 11.9 Å². The molecule has 0 bridgehead atoms. The van der Waals surface area contributed by atoms with Gasteiger partial charge in [-0.05, 0) is 40.6 Å². The number of aryl methyl sites for hydroxylation is 1. The van der Waals surface area contributed by atoms with Crippen LogP contribution in [0.25, 0.3) is 23.2 Å². The van der Waals surface area contributed by atoms with Crippen molar-refractivity contribution >= 4 is 29.3 Å². The number of carbonyl (C=O) groups is 2. The summed E-state index contributed by atoms with van der Waals surface area (Å²) in [6.07, 6.45) is 3.79. The maximum atomic E-state index is 13.1. The lowest BCUT2D eigenvalue weighted by Gasteiger charge is -2.12. The second kappa shape index (κ2) is 10.2. The number of anilines is 1. The molecule has 2 heterocycles. The quantitative estimate of drug-likeness (QED) is 0.405. The van der Waals surface area contributed by atoms with E-state index in [1.807, 2.05) is 61.5 Å². The van der Waals surface area contributed by atoms with Crippen LogP contribution in [-0.2, 0) is 16.0 Å². The van der Waals surface area contributed by atoms with Gasteiger partial charge in [0.2, 0.25) is 5.91 Å². The first-order valence-corrected chi connectivity index (χ1v) is 10.4. The van der Waals surface area contributed by atoms with Crippen LogP contribution in [0.2, 0.25) is 0 Å². The molecule has 0 aliphatic carbocycles. The number of amides is 2. The zero-order chi connectivity index (χ0) is 23.0. The van der Waals surface area contributed by atoms with E-state index in [9.17, 15) is 9.59 Å². The standard InChI is InChI=1S/C24H22N6O3/c1-2-17-9-6-7-13-20(17)26-22(31)16-25-24(32)21(15-19-12-8-14-33-19)30-23(27-28-29-30)18-10-4-3-5-11-18/h3-15H,2,16H2,1H3,(H,25,32)(H,26,31)/b21-15-. The van der Waals surface area contributed by atoms with E-state index >= 15 is 0 Å². The van der Waals surface area contributed by atoms with Gasteiger partial charge in [-0.2, -0.15) is 4.68 Å². The van der Waals surface area contributed by atoms with E-state index in [1.54, 1.807) is 12.1 Å². The Morgan fingerprint density at radius 2 is 1.82 bits per heavy atom. The first kappa shape index (κ1) is 21.7. The number of benzene rings is 2. The lowest BCUT2D eigenvalue weighted by Crippen LogP contribution is -2.34. The number of nitrogens with one attached hydrogen (secondary N) is 2. The fraction of sp³-hybridized carbons (Fsp3) is 0.125. The first-order chi connectivity index (χ1) is 16.2. The first-order valence-electron chi connectivity index (χ1n) is 10.4. The second-order valence-corrected chi connectivity index (χ2v) is 7.07. The molecule has 9 nitrogen and oxygen atoms in total. The van der Waals surface area contributed by atoms with Gasteiger partial charge < -0.3 is 15.1 Å². The third-order valence-corrected chi connectivity index (χ3v) is 4.87. The van der Waals surface area contributed by atoms with Gasteiger partial charge in [-0.15, -0.1) is 5.10 Å². The average molecular weight is 442 g/mol. The van der Waals surface area contributed by atoms with Crippen LogP contribution < -0.4 is 10.6 Å². The SMILES string of the molecule is CCc1ccccc1NC(=O)CNC(=O)/C(=C/c1ccco1)n1nnnc1-c1ccccc1. The number of para-hydroxylation sites is 1. The van der Waals surface area contributed by atoms with Gasteiger partial charge >= 0.3 is 0 Å². The molecule has 0 atom stereocenters. The molecule has 0 unspecified atom stereocenters. The van der Waals surface area contributed by atoms with Crippen LogP contribution in [0.3, 0.4) is 0 Å². The number of aromatic nitrogens is 4. The van der Waals surface area contributed by atoms with Gasteiger partial charge in [0, 0.05) is 17.3 Å². The maximum absolute atomic E-state index is 13.1. The second-order valence-electron chi connectivity index (χ2n) is 7.07. The Morgan fingerprint density at radius 1 is 1.03 bits per heavy atom. The van der Waals surface area contributed by atoms with Gasteiger partial charge in [0.05, 0.1) is 12.8 Å². The molecule has 0 radical (unpaired) electrons. The number of hydrogen-bond acceptors (Lipinski definition) is 6. The van der Waals surface area contributed by atoms with Crippen LogP contribution in [0.1, 0.15) is 18.2 Å². The van der Waals surface area contributed by atoms with Crippen LogP contribution in [-0.4, -0.2) is 38.6 Å². The fourth-order valence-corrected chi connectivity index (χ4v) is 3.24. The number of tetrazole rings is 1. The molecule has 9 heteroatoms. The third-order valence-electron chi connectivity index (χ3n) is 4.87. The highest BCUT2D eigenvalue weighted by Crippen LogP contribution is 2.20. The van der Waals surface area contributed by atoms with Gasteiger partial charge in [-0.25, -0.2) is 0 Å². The zero-order valence-electron chi connectivity index (χ0n) is 17.9. The van der Waals surface area contributed by atoms with E-state index in [2.05, 4.69) is 26.2 Å². The van der Waals surface area contributed by atoms with Crippen molar-refractivity contribution in [2.24, 2.45) is 0 Å². The molecule has 2 aromatic heterocycles. The van der Waals surface area contributed by atoms with Gasteiger partial charge in [0.25, 0.3) is 5.91 Å². The summed E-state index contributed by atoms with van der Waals surface area (Å²) in [5.74, 6) is -0.0581. The molecule has 4 rings (SSSR count). The van der Waals surface area contributed by atoms with E-state index in [1.165, 1.54) is 17.0 Å². The van der Waals surface area contributed by atoms with Gasteiger partial charge in [0.1, 0.15) is 11.5 Å². The lowest BCUT2D eigenvalue weighted by molar-refractivity contribution is -0.120. The Morgan fingerprint density at radius 3 is 2.58 bits per heavy atom. The summed E-state index contributed by atoms with van der Waals surface area (Å²) < 4.78 is 6.69. The molecule has 2 amide bonds. The van der Waals surface area contributed by atoms with Crippen molar-refractivity contribution in [2.45, 2.75) is 13.3 Å². The topological polar surface area (TPSA) is 115 Å². The summed E-state index contributed by atoms with van der Waals surface area (Å²) in [5.41, 5.74) is 2.57. The van der Waals surface area contributed by atoms with Crippen molar-refractivity contribution in [3.8, 4) is 11.4 Å². The summed E-state index contributed by atoms with van der Waals surface area (Å²) in [6.45, 7) is 1.78. The lowest BCUT2D eigenvalue weighted by atomic mass is 10.1. The smallest absolute Gasteiger partial charge is 0.270 e. The summed E-state index contributed by atoms with van der Waals surface area (Å²) in [5, 5.41) is 17.3. The molecule has 0 aliphatic heterocycles. The fourth-order valence-electron chi connectivity index (χ4n) is 3.24. The molecular weight excluding hydrogens is 420 g/mol. The molecule has 0 fully saturated rings. The van der Waals surface area contributed by atoms with Gasteiger partial charge in [0.15, 0.2) is 5.82 Å². The van der Waals surface area contributed by atoms with Crippen molar-refractivity contribution in [1.29, 1.82) is 0 Å². The molecule has 0 aliphatic rings. The Kier molecular flexibility index (Phi) is 6.70. The summed E-state index contributed by atoms with van der Waals surface area (Å²) >= 11 is 0. The van der Waals surface area contributed by atoms with Crippen molar-refractivity contribution in [1.82, 2.24) is 25.5 Å². The maximum Gasteiger partial charge on any atom is 0.270 e. The molecule has 2 N–H and O–H groups in total. The minimum atomic E-state index is -0.533. The molecule has 2 aromatic carbocycles.